The maximum Gasteiger partial charge on any atom is 0.262 e. The SMILES string of the molecule is Cl.NCCCCNC(=O)c1sccc1S(=O)(=O)N1CCOCC1. The van der Waals surface area contributed by atoms with Crippen molar-refractivity contribution in [3.8, 4) is 0 Å². The van der Waals surface area contributed by atoms with E-state index in [1.54, 1.807) is 5.38 Å². The number of morpholine rings is 1. The molecule has 0 spiro atoms. The van der Waals surface area contributed by atoms with Gasteiger partial charge in [0, 0.05) is 19.6 Å². The van der Waals surface area contributed by atoms with Crippen LogP contribution in [0.5, 0.6) is 0 Å². The molecule has 0 unspecified atom stereocenters. The van der Waals surface area contributed by atoms with Crippen molar-refractivity contribution in [1.82, 2.24) is 9.62 Å². The Bertz CT molecular complexity index is 600. The second-order valence-electron chi connectivity index (χ2n) is 4.88. The van der Waals surface area contributed by atoms with Gasteiger partial charge >= 0.3 is 0 Å². The molecule has 1 saturated heterocycles. The molecule has 0 atom stereocenters. The van der Waals surface area contributed by atoms with Crippen LogP contribution >= 0.6 is 23.7 Å². The number of carbonyl (C=O) groups is 1. The number of carbonyl (C=O) groups excluding carboxylic acids is 1. The van der Waals surface area contributed by atoms with Gasteiger partial charge in [-0.25, -0.2) is 8.42 Å². The van der Waals surface area contributed by atoms with E-state index in [2.05, 4.69) is 5.32 Å². The number of hydrogen-bond donors (Lipinski definition) is 2. The summed E-state index contributed by atoms with van der Waals surface area (Å²) in [5, 5.41) is 4.37. The molecule has 132 valence electrons. The molecule has 0 aliphatic carbocycles. The van der Waals surface area contributed by atoms with Crippen molar-refractivity contribution in [3.05, 3.63) is 16.3 Å². The lowest BCUT2D eigenvalue weighted by atomic mass is 10.3. The van der Waals surface area contributed by atoms with Crippen LogP contribution in [0.25, 0.3) is 0 Å². The fraction of sp³-hybridized carbons (Fsp3) is 0.615. The van der Waals surface area contributed by atoms with Gasteiger partial charge in [0.15, 0.2) is 0 Å². The number of ether oxygens (including phenoxy) is 1. The largest absolute Gasteiger partial charge is 0.379 e. The number of thiophene rings is 1. The first-order valence-corrected chi connectivity index (χ1v) is 9.53. The molecule has 1 amide bonds. The predicted molar refractivity (Wildman–Crippen MR) is 91.8 cm³/mol. The number of rotatable bonds is 7. The summed E-state index contributed by atoms with van der Waals surface area (Å²) in [6, 6.07) is 1.49. The van der Waals surface area contributed by atoms with Crippen molar-refractivity contribution in [2.75, 3.05) is 39.4 Å². The van der Waals surface area contributed by atoms with Gasteiger partial charge in [0.2, 0.25) is 10.0 Å². The molecule has 2 rings (SSSR count). The zero-order valence-corrected chi connectivity index (χ0v) is 15.1. The van der Waals surface area contributed by atoms with Crippen LogP contribution < -0.4 is 11.1 Å². The molecule has 0 aromatic carbocycles. The Labute approximate surface area is 146 Å². The second kappa shape index (κ2) is 9.55. The van der Waals surface area contributed by atoms with Crippen molar-refractivity contribution in [2.24, 2.45) is 5.73 Å². The van der Waals surface area contributed by atoms with Crippen LogP contribution in [0.3, 0.4) is 0 Å². The Hall–Kier alpha value is -0.710. The van der Waals surface area contributed by atoms with E-state index in [4.69, 9.17) is 10.5 Å². The third kappa shape index (κ3) is 5.13. The number of sulfonamides is 1. The molecule has 0 bridgehead atoms. The van der Waals surface area contributed by atoms with Crippen molar-refractivity contribution < 1.29 is 17.9 Å². The van der Waals surface area contributed by atoms with Gasteiger partial charge in [0.05, 0.1) is 13.2 Å². The maximum absolute atomic E-state index is 12.6. The quantitative estimate of drug-likeness (QED) is 0.673. The lowest BCUT2D eigenvalue weighted by Crippen LogP contribution is -2.41. The summed E-state index contributed by atoms with van der Waals surface area (Å²) in [6.45, 7) is 2.45. The number of nitrogens with one attached hydrogen (secondary N) is 1. The van der Waals surface area contributed by atoms with E-state index in [1.165, 1.54) is 10.4 Å². The Morgan fingerprint density at radius 2 is 2.04 bits per heavy atom. The van der Waals surface area contributed by atoms with Crippen molar-refractivity contribution >= 4 is 39.7 Å². The summed E-state index contributed by atoms with van der Waals surface area (Å²) in [4.78, 5) is 12.5. The molecule has 1 aliphatic rings. The van der Waals surface area contributed by atoms with Crippen molar-refractivity contribution in [3.63, 3.8) is 0 Å². The van der Waals surface area contributed by atoms with E-state index in [0.29, 0.717) is 39.4 Å². The summed E-state index contributed by atoms with van der Waals surface area (Å²) in [7, 11) is -3.65. The minimum absolute atomic E-state index is 0. The molecule has 1 fully saturated rings. The zero-order chi connectivity index (χ0) is 16.0. The molecular weight excluding hydrogens is 362 g/mol. The monoisotopic (exact) mass is 383 g/mol. The van der Waals surface area contributed by atoms with Gasteiger partial charge in [-0.2, -0.15) is 4.31 Å². The first-order chi connectivity index (χ1) is 10.6. The highest BCUT2D eigenvalue weighted by Gasteiger charge is 2.31. The first-order valence-electron chi connectivity index (χ1n) is 7.21. The van der Waals surface area contributed by atoms with Gasteiger partial charge in [-0.3, -0.25) is 4.79 Å². The summed E-state index contributed by atoms with van der Waals surface area (Å²) in [6.07, 6.45) is 1.60. The van der Waals surface area contributed by atoms with Gasteiger partial charge in [0.1, 0.15) is 9.77 Å². The van der Waals surface area contributed by atoms with E-state index in [0.717, 1.165) is 24.2 Å². The molecule has 7 nitrogen and oxygen atoms in total. The van der Waals surface area contributed by atoms with Crippen LogP contribution in [0, 0.1) is 0 Å². The van der Waals surface area contributed by atoms with Crippen molar-refractivity contribution in [1.29, 1.82) is 0 Å². The highest BCUT2D eigenvalue weighted by molar-refractivity contribution is 7.89. The van der Waals surface area contributed by atoms with Crippen LogP contribution in [0.2, 0.25) is 0 Å². The van der Waals surface area contributed by atoms with Gasteiger partial charge < -0.3 is 15.8 Å². The normalized spacial score (nSPS) is 15.9. The van der Waals surface area contributed by atoms with Crippen LogP contribution in [-0.2, 0) is 14.8 Å². The second-order valence-corrected chi connectivity index (χ2v) is 7.70. The van der Waals surface area contributed by atoms with E-state index in [9.17, 15) is 13.2 Å². The van der Waals surface area contributed by atoms with E-state index < -0.39 is 10.0 Å². The lowest BCUT2D eigenvalue weighted by Gasteiger charge is -2.26. The Kier molecular flexibility index (Phi) is 8.45. The number of nitrogens with zero attached hydrogens (tertiary/aromatic N) is 1. The molecule has 1 aromatic heterocycles. The zero-order valence-electron chi connectivity index (χ0n) is 12.7. The molecule has 1 aliphatic heterocycles. The van der Waals surface area contributed by atoms with Gasteiger partial charge in [-0.1, -0.05) is 0 Å². The molecule has 0 saturated carbocycles. The predicted octanol–water partition coefficient (Wildman–Crippen LogP) is 0.659. The lowest BCUT2D eigenvalue weighted by molar-refractivity contribution is 0.0730. The number of hydrogen-bond acceptors (Lipinski definition) is 6. The summed E-state index contributed by atoms with van der Waals surface area (Å²) in [5.41, 5.74) is 5.40. The van der Waals surface area contributed by atoms with Gasteiger partial charge in [-0.15, -0.1) is 23.7 Å². The molecule has 2 heterocycles. The average Bonchev–Trinajstić information content (AvgIpc) is 3.03. The topological polar surface area (TPSA) is 102 Å². The molecule has 1 aromatic rings. The minimum Gasteiger partial charge on any atom is -0.379 e. The smallest absolute Gasteiger partial charge is 0.262 e. The van der Waals surface area contributed by atoms with E-state index in [1.807, 2.05) is 0 Å². The van der Waals surface area contributed by atoms with Crippen LogP contribution in [-0.4, -0.2) is 58.0 Å². The molecular formula is C13H22ClN3O4S2. The fourth-order valence-electron chi connectivity index (χ4n) is 2.14. The van der Waals surface area contributed by atoms with Gasteiger partial charge in [0.25, 0.3) is 5.91 Å². The first kappa shape index (κ1) is 20.3. The Morgan fingerprint density at radius 3 is 2.70 bits per heavy atom. The molecule has 3 N–H and O–H groups in total. The van der Waals surface area contributed by atoms with Crippen LogP contribution in [0.1, 0.15) is 22.5 Å². The standard InChI is InChI=1S/C13H21N3O4S2.ClH/c14-4-1-2-5-15-13(17)12-11(3-10-21-12)22(18,19)16-6-8-20-9-7-16;/h3,10H,1-2,4-9,14H2,(H,15,17);1H. The molecule has 10 heteroatoms. The Morgan fingerprint density at radius 1 is 1.35 bits per heavy atom. The highest BCUT2D eigenvalue weighted by atomic mass is 35.5. The highest BCUT2D eigenvalue weighted by Crippen LogP contribution is 2.25. The van der Waals surface area contributed by atoms with Crippen molar-refractivity contribution in [2.45, 2.75) is 17.7 Å². The van der Waals surface area contributed by atoms with Crippen LogP contribution in [0.15, 0.2) is 16.3 Å². The molecule has 23 heavy (non-hydrogen) atoms. The summed E-state index contributed by atoms with van der Waals surface area (Å²) >= 11 is 1.14. The number of nitrogens with two attached hydrogens (primary N) is 1. The summed E-state index contributed by atoms with van der Waals surface area (Å²) < 4.78 is 31.8. The third-order valence-corrected chi connectivity index (χ3v) is 6.32. The van der Waals surface area contributed by atoms with E-state index in [-0.39, 0.29) is 28.1 Å². The number of unbranched alkanes of at least 4 members (excludes halogenated alkanes) is 1. The number of halogens is 1. The Balaban J connectivity index is 0.00000264. The maximum atomic E-state index is 12.6. The van der Waals surface area contributed by atoms with Gasteiger partial charge in [-0.05, 0) is 30.8 Å². The average molecular weight is 384 g/mol. The van der Waals surface area contributed by atoms with E-state index >= 15 is 0 Å². The summed E-state index contributed by atoms with van der Waals surface area (Å²) in [5.74, 6) is -0.348. The fourth-order valence-corrected chi connectivity index (χ4v) is 4.87. The minimum atomic E-state index is -3.65. The molecule has 0 radical (unpaired) electrons. The third-order valence-electron chi connectivity index (χ3n) is 3.34. The van der Waals surface area contributed by atoms with Crippen LogP contribution in [0.4, 0.5) is 0 Å². The number of amides is 1.